The molecule has 1 rings (SSSR count). The van der Waals surface area contributed by atoms with Gasteiger partial charge in [0.05, 0.1) is 12.4 Å². The van der Waals surface area contributed by atoms with E-state index in [1.807, 2.05) is 6.26 Å². The first-order valence-electron chi connectivity index (χ1n) is 2.94. The van der Waals surface area contributed by atoms with Gasteiger partial charge in [-0.05, 0) is 6.26 Å². The minimum absolute atomic E-state index is 0.0508. The van der Waals surface area contributed by atoms with Crippen LogP contribution in [0, 0.1) is 5.41 Å². The average Bonchev–Trinajstić information content (AvgIpc) is 2.05. The van der Waals surface area contributed by atoms with Gasteiger partial charge >= 0.3 is 0 Å². The Bertz CT molecular complexity index is 256. The molecule has 0 aliphatic rings. The summed E-state index contributed by atoms with van der Waals surface area (Å²) in [6, 6.07) is 0. The fourth-order valence-corrected chi connectivity index (χ4v) is 0.877. The third kappa shape index (κ3) is 1.91. The fourth-order valence-electron chi connectivity index (χ4n) is 0.561. The number of rotatable bonds is 2. The van der Waals surface area contributed by atoms with Gasteiger partial charge in [-0.2, -0.15) is 0 Å². The molecule has 0 spiro atoms. The Balaban J connectivity index is 2.91. The molecule has 11 heavy (non-hydrogen) atoms. The Morgan fingerprint density at radius 1 is 1.55 bits per heavy atom. The average molecular weight is 168 g/mol. The van der Waals surface area contributed by atoms with Gasteiger partial charge in [0, 0.05) is 0 Å². The van der Waals surface area contributed by atoms with Crippen molar-refractivity contribution in [3.05, 3.63) is 18.1 Å². The predicted octanol–water partition coefficient (Wildman–Crippen LogP) is 0.483. The molecule has 58 valence electrons. The zero-order chi connectivity index (χ0) is 8.27. The molecular formula is C6H8N4S. The first-order chi connectivity index (χ1) is 5.24. The second kappa shape index (κ2) is 3.34. The molecule has 0 bridgehead atoms. The molecule has 0 aromatic carbocycles. The number of amidine groups is 1. The lowest BCUT2D eigenvalue weighted by atomic mass is 10.4. The van der Waals surface area contributed by atoms with Gasteiger partial charge in [0.25, 0.3) is 0 Å². The molecule has 0 saturated heterocycles. The standard InChI is InChI=1S/C6H8N4S/c1-11-5-3-9-4(2-10-5)6(7)8/h2-3H,1H3,(H3,7,8). The predicted molar refractivity (Wildman–Crippen MR) is 44.8 cm³/mol. The Morgan fingerprint density at radius 2 is 2.27 bits per heavy atom. The molecule has 3 N–H and O–H groups in total. The molecule has 1 aromatic rings. The largest absolute Gasteiger partial charge is 0.382 e. The van der Waals surface area contributed by atoms with Crippen molar-refractivity contribution in [3.63, 3.8) is 0 Å². The summed E-state index contributed by atoms with van der Waals surface area (Å²) in [6.07, 6.45) is 5.01. The maximum Gasteiger partial charge on any atom is 0.143 e. The summed E-state index contributed by atoms with van der Waals surface area (Å²) >= 11 is 1.50. The third-order valence-corrected chi connectivity index (χ3v) is 1.74. The smallest absolute Gasteiger partial charge is 0.143 e. The van der Waals surface area contributed by atoms with Gasteiger partial charge < -0.3 is 5.73 Å². The molecule has 0 atom stereocenters. The van der Waals surface area contributed by atoms with Crippen molar-refractivity contribution in [1.82, 2.24) is 9.97 Å². The summed E-state index contributed by atoms with van der Waals surface area (Å²) in [5.41, 5.74) is 5.60. The number of thioether (sulfide) groups is 1. The minimum Gasteiger partial charge on any atom is -0.382 e. The molecule has 1 heterocycles. The van der Waals surface area contributed by atoms with Gasteiger partial charge in [0.1, 0.15) is 16.6 Å². The summed E-state index contributed by atoms with van der Waals surface area (Å²) in [7, 11) is 0. The molecule has 0 fully saturated rings. The quantitative estimate of drug-likeness (QED) is 0.382. The first-order valence-corrected chi connectivity index (χ1v) is 4.17. The summed E-state index contributed by atoms with van der Waals surface area (Å²) in [5, 5.41) is 7.86. The molecule has 0 saturated carbocycles. The van der Waals surface area contributed by atoms with Crippen LogP contribution in [-0.4, -0.2) is 22.1 Å². The molecular weight excluding hydrogens is 160 g/mol. The number of nitrogens with two attached hydrogens (primary N) is 1. The Kier molecular flexibility index (Phi) is 2.43. The molecule has 4 nitrogen and oxygen atoms in total. The number of aromatic nitrogens is 2. The van der Waals surface area contributed by atoms with Gasteiger partial charge in [0.2, 0.25) is 0 Å². The molecule has 0 aliphatic heterocycles. The number of nitrogens with one attached hydrogen (secondary N) is 1. The van der Waals surface area contributed by atoms with Crippen LogP contribution in [0.4, 0.5) is 0 Å². The molecule has 5 heteroatoms. The van der Waals surface area contributed by atoms with Crippen LogP contribution in [0.25, 0.3) is 0 Å². The van der Waals surface area contributed by atoms with Crippen LogP contribution in [-0.2, 0) is 0 Å². The summed E-state index contributed by atoms with van der Waals surface area (Å²) in [6.45, 7) is 0. The highest BCUT2D eigenvalue weighted by Gasteiger charge is 1.97. The zero-order valence-electron chi connectivity index (χ0n) is 6.03. The molecule has 1 aromatic heterocycles. The van der Waals surface area contributed by atoms with Crippen molar-refractivity contribution in [1.29, 1.82) is 5.41 Å². The Morgan fingerprint density at radius 3 is 2.64 bits per heavy atom. The van der Waals surface area contributed by atoms with Gasteiger partial charge in [-0.1, -0.05) is 0 Å². The van der Waals surface area contributed by atoms with Crippen LogP contribution in [0.2, 0.25) is 0 Å². The van der Waals surface area contributed by atoms with Crippen molar-refractivity contribution in [2.24, 2.45) is 5.73 Å². The van der Waals surface area contributed by atoms with Crippen molar-refractivity contribution in [3.8, 4) is 0 Å². The highest BCUT2D eigenvalue weighted by molar-refractivity contribution is 7.98. The Labute approximate surface area is 68.7 Å². The van der Waals surface area contributed by atoms with Crippen molar-refractivity contribution < 1.29 is 0 Å². The molecule has 0 radical (unpaired) electrons. The number of nitrogen functional groups attached to an aromatic ring is 1. The highest BCUT2D eigenvalue weighted by Crippen LogP contribution is 2.07. The lowest BCUT2D eigenvalue weighted by molar-refractivity contribution is 1.04. The van der Waals surface area contributed by atoms with Gasteiger partial charge in [-0.25, -0.2) is 9.97 Å². The number of hydrogen-bond donors (Lipinski definition) is 2. The number of hydrogen-bond acceptors (Lipinski definition) is 4. The van der Waals surface area contributed by atoms with Crippen LogP contribution < -0.4 is 5.73 Å². The first kappa shape index (κ1) is 8.00. The van der Waals surface area contributed by atoms with E-state index in [1.54, 1.807) is 6.20 Å². The van der Waals surface area contributed by atoms with Crippen LogP contribution in [0.1, 0.15) is 5.69 Å². The van der Waals surface area contributed by atoms with Crippen molar-refractivity contribution >= 4 is 17.6 Å². The maximum absolute atomic E-state index is 7.03. The normalized spacial score (nSPS) is 9.55. The summed E-state index contributed by atoms with van der Waals surface area (Å²) in [5.74, 6) is -0.0508. The monoisotopic (exact) mass is 168 g/mol. The highest BCUT2D eigenvalue weighted by atomic mass is 32.2. The van der Waals surface area contributed by atoms with E-state index in [9.17, 15) is 0 Å². The summed E-state index contributed by atoms with van der Waals surface area (Å²) < 4.78 is 0. The van der Waals surface area contributed by atoms with Crippen LogP contribution in [0.3, 0.4) is 0 Å². The van der Waals surface area contributed by atoms with E-state index in [0.29, 0.717) is 5.69 Å². The van der Waals surface area contributed by atoms with Crippen LogP contribution in [0.15, 0.2) is 17.4 Å². The zero-order valence-corrected chi connectivity index (χ0v) is 6.85. The van der Waals surface area contributed by atoms with E-state index in [2.05, 4.69) is 9.97 Å². The molecule has 0 aliphatic carbocycles. The summed E-state index contributed by atoms with van der Waals surface area (Å²) in [4.78, 5) is 7.91. The van der Waals surface area contributed by atoms with E-state index in [0.717, 1.165) is 5.03 Å². The van der Waals surface area contributed by atoms with E-state index >= 15 is 0 Å². The van der Waals surface area contributed by atoms with Gasteiger partial charge in [-0.3, -0.25) is 5.41 Å². The van der Waals surface area contributed by atoms with Crippen molar-refractivity contribution in [2.75, 3.05) is 6.26 Å². The van der Waals surface area contributed by atoms with Gasteiger partial charge in [-0.15, -0.1) is 11.8 Å². The van der Waals surface area contributed by atoms with Crippen LogP contribution >= 0.6 is 11.8 Å². The molecule has 0 unspecified atom stereocenters. The SMILES string of the molecule is CSc1cnc(C(=N)N)cn1. The second-order valence-corrected chi connectivity index (χ2v) is 2.68. The van der Waals surface area contributed by atoms with Gasteiger partial charge in [0.15, 0.2) is 0 Å². The van der Waals surface area contributed by atoms with E-state index < -0.39 is 0 Å². The number of nitrogens with zero attached hydrogens (tertiary/aromatic N) is 2. The van der Waals surface area contributed by atoms with E-state index in [1.165, 1.54) is 18.0 Å². The maximum atomic E-state index is 7.03. The Hall–Kier alpha value is -1.10. The fraction of sp³-hybridized carbons (Fsp3) is 0.167. The lowest BCUT2D eigenvalue weighted by Crippen LogP contribution is -2.13. The van der Waals surface area contributed by atoms with E-state index in [4.69, 9.17) is 11.1 Å². The molecule has 0 amide bonds. The third-order valence-electron chi connectivity index (χ3n) is 1.11. The minimum atomic E-state index is -0.0508. The van der Waals surface area contributed by atoms with Crippen LogP contribution in [0.5, 0.6) is 0 Å². The second-order valence-electron chi connectivity index (χ2n) is 1.86. The van der Waals surface area contributed by atoms with Crippen molar-refractivity contribution in [2.45, 2.75) is 5.03 Å². The topological polar surface area (TPSA) is 75.7 Å². The lowest BCUT2D eigenvalue weighted by Gasteiger charge is -1.96. The van der Waals surface area contributed by atoms with E-state index in [-0.39, 0.29) is 5.84 Å².